The summed E-state index contributed by atoms with van der Waals surface area (Å²) in [6, 6.07) is 24.3. The van der Waals surface area contributed by atoms with E-state index in [9.17, 15) is 0 Å². The largest absolute Gasteiger partial charge is 0.140 e. The van der Waals surface area contributed by atoms with Crippen LogP contribution in [-0.2, 0) is 0 Å². The van der Waals surface area contributed by atoms with E-state index in [0.29, 0.717) is 0 Å². The first-order valence-corrected chi connectivity index (χ1v) is 9.49. The molecule has 0 amide bonds. The van der Waals surface area contributed by atoms with Crippen molar-refractivity contribution in [3.05, 3.63) is 93.5 Å². The molecule has 3 heteroatoms. The van der Waals surface area contributed by atoms with Gasteiger partial charge < -0.3 is 0 Å². The van der Waals surface area contributed by atoms with Crippen LogP contribution in [0.1, 0.15) is 4.88 Å². The SMILES string of the molecule is Cc1cc[c]s1.Clc1ccc(-c2s[c]cc2-c2ccccc2)cc1. The van der Waals surface area contributed by atoms with Crippen LogP contribution in [0.25, 0.3) is 21.6 Å². The van der Waals surface area contributed by atoms with Gasteiger partial charge >= 0.3 is 0 Å². The summed E-state index contributed by atoms with van der Waals surface area (Å²) < 4.78 is 0. The molecule has 0 atom stereocenters. The monoisotopic (exact) mass is 366 g/mol. The van der Waals surface area contributed by atoms with Crippen molar-refractivity contribution >= 4 is 34.3 Å². The minimum Gasteiger partial charge on any atom is -0.140 e. The lowest BCUT2D eigenvalue weighted by Gasteiger charge is -2.04. The van der Waals surface area contributed by atoms with Crippen molar-refractivity contribution in [2.45, 2.75) is 6.92 Å². The number of hydrogen-bond donors (Lipinski definition) is 0. The maximum atomic E-state index is 5.93. The quantitative estimate of drug-likeness (QED) is 0.347. The molecule has 0 bridgehead atoms. The highest BCUT2D eigenvalue weighted by molar-refractivity contribution is 7.13. The Morgan fingerprint density at radius 1 is 0.792 bits per heavy atom. The molecule has 0 aliphatic rings. The highest BCUT2D eigenvalue weighted by Crippen LogP contribution is 2.36. The van der Waals surface area contributed by atoms with E-state index < -0.39 is 0 Å². The fraction of sp³-hybridized carbons (Fsp3) is 0.0476. The van der Waals surface area contributed by atoms with Crippen molar-refractivity contribution in [3.63, 3.8) is 0 Å². The lowest BCUT2D eigenvalue weighted by Crippen LogP contribution is -1.78. The van der Waals surface area contributed by atoms with Gasteiger partial charge in [0, 0.05) is 31.1 Å². The number of benzene rings is 2. The van der Waals surface area contributed by atoms with Crippen molar-refractivity contribution in [2.75, 3.05) is 0 Å². The van der Waals surface area contributed by atoms with Gasteiger partial charge in [-0.3, -0.25) is 0 Å². The molecular formula is C21H15ClS2. The minimum absolute atomic E-state index is 0.764. The Morgan fingerprint density at radius 3 is 2.12 bits per heavy atom. The molecule has 0 N–H and O–H groups in total. The topological polar surface area (TPSA) is 0 Å². The second kappa shape index (κ2) is 8.29. The summed E-state index contributed by atoms with van der Waals surface area (Å²) >= 11 is 9.21. The maximum absolute atomic E-state index is 5.93. The van der Waals surface area contributed by atoms with Crippen molar-refractivity contribution in [1.29, 1.82) is 0 Å². The highest BCUT2D eigenvalue weighted by atomic mass is 35.5. The predicted molar refractivity (Wildman–Crippen MR) is 107 cm³/mol. The molecule has 0 fully saturated rings. The normalized spacial score (nSPS) is 10.1. The lowest BCUT2D eigenvalue weighted by atomic mass is 10.0. The zero-order chi connectivity index (χ0) is 16.8. The molecule has 118 valence electrons. The first-order valence-electron chi connectivity index (χ1n) is 7.48. The van der Waals surface area contributed by atoms with Crippen LogP contribution in [0.2, 0.25) is 5.02 Å². The zero-order valence-corrected chi connectivity index (χ0v) is 15.5. The van der Waals surface area contributed by atoms with Crippen LogP contribution in [0, 0.1) is 17.7 Å². The summed E-state index contributed by atoms with van der Waals surface area (Å²) in [4.78, 5) is 2.56. The summed E-state index contributed by atoms with van der Waals surface area (Å²) in [6.07, 6.45) is 0. The smallest absolute Gasteiger partial charge is 0.0456 e. The van der Waals surface area contributed by atoms with E-state index in [1.54, 1.807) is 22.7 Å². The third kappa shape index (κ3) is 4.35. The molecule has 4 rings (SSSR count). The van der Waals surface area contributed by atoms with Crippen LogP contribution in [0.3, 0.4) is 0 Å². The van der Waals surface area contributed by atoms with Crippen molar-refractivity contribution in [2.24, 2.45) is 0 Å². The van der Waals surface area contributed by atoms with E-state index in [1.165, 1.54) is 26.4 Å². The Bertz CT molecular complexity index is 860. The molecule has 2 heterocycles. The fourth-order valence-electron chi connectivity index (χ4n) is 2.23. The lowest BCUT2D eigenvalue weighted by molar-refractivity contribution is 1.64. The third-order valence-electron chi connectivity index (χ3n) is 3.41. The molecule has 2 aromatic heterocycles. The molecule has 0 saturated heterocycles. The van der Waals surface area contributed by atoms with Crippen LogP contribution in [-0.4, -0.2) is 0 Å². The van der Waals surface area contributed by atoms with Gasteiger partial charge in [-0.15, -0.1) is 22.7 Å². The molecule has 0 spiro atoms. The van der Waals surface area contributed by atoms with E-state index in [2.05, 4.69) is 54.1 Å². The standard InChI is InChI=1S/C16H10ClS.C5H5S/c17-14-8-6-13(7-9-14)16-15(10-11-18-16)12-4-2-1-3-5-12;1-5-3-2-4-6-5/h1-10H;2-3H,1H3. The van der Waals surface area contributed by atoms with Crippen LogP contribution < -0.4 is 0 Å². The summed E-state index contributed by atoms with van der Waals surface area (Å²) in [5.74, 6) is 0. The summed E-state index contributed by atoms with van der Waals surface area (Å²) in [5, 5.41) is 6.95. The van der Waals surface area contributed by atoms with Gasteiger partial charge in [0.15, 0.2) is 0 Å². The third-order valence-corrected chi connectivity index (χ3v) is 5.27. The van der Waals surface area contributed by atoms with Crippen LogP contribution in [0.5, 0.6) is 0 Å². The molecule has 0 aliphatic heterocycles. The number of aryl methyl sites for hydroxylation is 1. The molecule has 0 saturated carbocycles. The van der Waals surface area contributed by atoms with E-state index in [4.69, 9.17) is 11.6 Å². The summed E-state index contributed by atoms with van der Waals surface area (Å²) in [6.45, 7) is 2.07. The van der Waals surface area contributed by atoms with E-state index in [-0.39, 0.29) is 0 Å². The molecule has 0 aliphatic carbocycles. The van der Waals surface area contributed by atoms with Gasteiger partial charge in [0.2, 0.25) is 0 Å². The summed E-state index contributed by atoms with van der Waals surface area (Å²) in [5.41, 5.74) is 3.63. The van der Waals surface area contributed by atoms with E-state index in [1.807, 2.05) is 36.4 Å². The molecule has 0 unspecified atom stereocenters. The van der Waals surface area contributed by atoms with Crippen molar-refractivity contribution in [3.8, 4) is 21.6 Å². The zero-order valence-electron chi connectivity index (χ0n) is 13.1. The Labute approximate surface area is 156 Å². The average molecular weight is 367 g/mol. The minimum atomic E-state index is 0.764. The van der Waals surface area contributed by atoms with Gasteiger partial charge in [0.05, 0.1) is 0 Å². The molecule has 2 radical (unpaired) electrons. The van der Waals surface area contributed by atoms with E-state index >= 15 is 0 Å². The van der Waals surface area contributed by atoms with Gasteiger partial charge in [-0.25, -0.2) is 0 Å². The van der Waals surface area contributed by atoms with Gasteiger partial charge in [-0.2, -0.15) is 0 Å². The average Bonchev–Trinajstić information content (AvgIpc) is 3.28. The maximum Gasteiger partial charge on any atom is 0.0456 e. The van der Waals surface area contributed by atoms with Crippen LogP contribution in [0.4, 0.5) is 0 Å². The molecule has 2 aromatic carbocycles. The highest BCUT2D eigenvalue weighted by Gasteiger charge is 2.08. The van der Waals surface area contributed by atoms with Crippen molar-refractivity contribution < 1.29 is 0 Å². The van der Waals surface area contributed by atoms with Gasteiger partial charge in [0.25, 0.3) is 0 Å². The second-order valence-electron chi connectivity index (χ2n) is 5.14. The number of rotatable bonds is 2. The Morgan fingerprint density at radius 2 is 1.54 bits per heavy atom. The van der Waals surface area contributed by atoms with Gasteiger partial charge in [-0.05, 0) is 48.4 Å². The van der Waals surface area contributed by atoms with Crippen LogP contribution >= 0.6 is 34.3 Å². The van der Waals surface area contributed by atoms with Crippen molar-refractivity contribution in [1.82, 2.24) is 0 Å². The van der Waals surface area contributed by atoms with Gasteiger partial charge in [-0.1, -0.05) is 54.1 Å². The number of thiophene rings is 2. The van der Waals surface area contributed by atoms with Gasteiger partial charge in [0.1, 0.15) is 0 Å². The summed E-state index contributed by atoms with van der Waals surface area (Å²) in [7, 11) is 0. The predicted octanol–water partition coefficient (Wildman–Crippen LogP) is 7.39. The first-order chi connectivity index (χ1) is 11.7. The van der Waals surface area contributed by atoms with E-state index in [0.717, 1.165) is 5.02 Å². The number of halogens is 1. The Balaban J connectivity index is 0.000000238. The molecule has 0 nitrogen and oxygen atoms in total. The van der Waals surface area contributed by atoms with Crippen LogP contribution in [0.15, 0.2) is 72.8 Å². The Hall–Kier alpha value is -1.87. The first kappa shape index (κ1) is 17.0. The second-order valence-corrected chi connectivity index (χ2v) is 7.51. The molecule has 4 aromatic rings. The molecular weight excluding hydrogens is 352 g/mol. The Kier molecular flexibility index (Phi) is 5.86. The fourth-order valence-corrected chi connectivity index (χ4v) is 3.65. The molecule has 24 heavy (non-hydrogen) atoms. The number of hydrogen-bond acceptors (Lipinski definition) is 2.